The van der Waals surface area contributed by atoms with Crippen LogP contribution in [0, 0.1) is 0 Å². The molecule has 13 heavy (non-hydrogen) atoms. The molecule has 1 aromatic carbocycles. The standard InChI is InChI=1S/C9H12BrClN2/c1-2-8(13-12)6-4-3-5-7(10)9(6)11/h3-5,8,13H,2,12H2,1H3. The van der Waals surface area contributed by atoms with E-state index in [1.54, 1.807) is 0 Å². The van der Waals surface area contributed by atoms with Crippen LogP contribution in [-0.2, 0) is 0 Å². The lowest BCUT2D eigenvalue weighted by molar-refractivity contribution is 0.539. The van der Waals surface area contributed by atoms with Crippen LogP contribution in [0.4, 0.5) is 0 Å². The molecule has 72 valence electrons. The highest BCUT2D eigenvalue weighted by Gasteiger charge is 2.12. The molecule has 2 nitrogen and oxygen atoms in total. The molecule has 0 bridgehead atoms. The number of hydrazine groups is 1. The summed E-state index contributed by atoms with van der Waals surface area (Å²) in [5, 5.41) is 0.729. The zero-order chi connectivity index (χ0) is 9.84. The van der Waals surface area contributed by atoms with E-state index in [2.05, 4.69) is 28.3 Å². The Hall–Kier alpha value is -0.0900. The van der Waals surface area contributed by atoms with Gasteiger partial charge in [0.25, 0.3) is 0 Å². The van der Waals surface area contributed by atoms with Gasteiger partial charge in [0.15, 0.2) is 0 Å². The maximum absolute atomic E-state index is 6.10. The molecule has 0 saturated heterocycles. The van der Waals surface area contributed by atoms with Crippen LogP contribution in [-0.4, -0.2) is 0 Å². The van der Waals surface area contributed by atoms with E-state index < -0.39 is 0 Å². The Morgan fingerprint density at radius 3 is 2.85 bits per heavy atom. The van der Waals surface area contributed by atoms with E-state index in [-0.39, 0.29) is 6.04 Å². The molecule has 1 atom stereocenters. The van der Waals surface area contributed by atoms with Crippen molar-refractivity contribution in [1.82, 2.24) is 5.43 Å². The minimum atomic E-state index is 0.116. The van der Waals surface area contributed by atoms with Crippen LogP contribution < -0.4 is 11.3 Å². The van der Waals surface area contributed by atoms with Crippen LogP contribution >= 0.6 is 27.5 Å². The van der Waals surface area contributed by atoms with E-state index in [0.29, 0.717) is 0 Å². The first-order valence-corrected chi connectivity index (χ1v) is 5.27. The van der Waals surface area contributed by atoms with Gasteiger partial charge in [0.05, 0.1) is 5.02 Å². The van der Waals surface area contributed by atoms with Crippen LogP contribution in [0.5, 0.6) is 0 Å². The first-order valence-electron chi connectivity index (χ1n) is 4.10. The molecule has 0 radical (unpaired) electrons. The van der Waals surface area contributed by atoms with E-state index in [1.165, 1.54) is 0 Å². The lowest BCUT2D eigenvalue weighted by Crippen LogP contribution is -2.27. The molecule has 1 rings (SSSR count). The van der Waals surface area contributed by atoms with Crippen LogP contribution in [0.3, 0.4) is 0 Å². The molecule has 1 aromatic rings. The number of nitrogens with one attached hydrogen (secondary N) is 1. The molecule has 0 aliphatic rings. The maximum atomic E-state index is 6.10. The molecule has 0 amide bonds. The number of hydrogen-bond donors (Lipinski definition) is 2. The summed E-state index contributed by atoms with van der Waals surface area (Å²) in [4.78, 5) is 0. The maximum Gasteiger partial charge on any atom is 0.0596 e. The molecule has 0 fully saturated rings. The van der Waals surface area contributed by atoms with Gasteiger partial charge in [-0.15, -0.1) is 0 Å². The van der Waals surface area contributed by atoms with Crippen LogP contribution in [0.2, 0.25) is 5.02 Å². The molecule has 0 aromatic heterocycles. The van der Waals surface area contributed by atoms with Crippen molar-refractivity contribution in [2.75, 3.05) is 0 Å². The molecule has 1 unspecified atom stereocenters. The number of rotatable bonds is 3. The van der Waals surface area contributed by atoms with Crippen LogP contribution in [0.1, 0.15) is 24.9 Å². The number of hydrogen-bond acceptors (Lipinski definition) is 2. The first kappa shape index (κ1) is 11.0. The lowest BCUT2D eigenvalue weighted by Gasteiger charge is -2.15. The lowest BCUT2D eigenvalue weighted by atomic mass is 10.1. The molecule has 0 heterocycles. The summed E-state index contributed by atoms with van der Waals surface area (Å²) in [6.07, 6.45) is 0.909. The Balaban J connectivity index is 3.05. The topological polar surface area (TPSA) is 38.0 Å². The summed E-state index contributed by atoms with van der Waals surface area (Å²) in [5.41, 5.74) is 3.76. The van der Waals surface area contributed by atoms with Crippen molar-refractivity contribution in [2.24, 2.45) is 5.84 Å². The van der Waals surface area contributed by atoms with Gasteiger partial charge in [0, 0.05) is 10.5 Å². The zero-order valence-corrected chi connectivity index (χ0v) is 9.69. The largest absolute Gasteiger partial charge is 0.271 e. The third kappa shape index (κ3) is 2.44. The quantitative estimate of drug-likeness (QED) is 0.650. The van der Waals surface area contributed by atoms with E-state index in [1.807, 2.05) is 18.2 Å². The summed E-state index contributed by atoms with van der Waals surface area (Å²) >= 11 is 9.48. The predicted octanol–water partition coefficient (Wildman–Crippen LogP) is 3.02. The average Bonchev–Trinajstić information content (AvgIpc) is 2.14. The Bertz CT molecular complexity index is 287. The van der Waals surface area contributed by atoms with Crippen molar-refractivity contribution in [2.45, 2.75) is 19.4 Å². The number of halogens is 2. The van der Waals surface area contributed by atoms with Gasteiger partial charge in [-0.05, 0) is 34.0 Å². The second-order valence-corrected chi connectivity index (χ2v) is 4.00. The normalized spacial score (nSPS) is 12.9. The summed E-state index contributed by atoms with van der Waals surface area (Å²) in [7, 11) is 0. The van der Waals surface area contributed by atoms with Gasteiger partial charge in [-0.3, -0.25) is 11.3 Å². The minimum Gasteiger partial charge on any atom is -0.271 e. The summed E-state index contributed by atoms with van der Waals surface area (Å²) in [6.45, 7) is 2.06. The van der Waals surface area contributed by atoms with Crippen LogP contribution in [0.25, 0.3) is 0 Å². The summed E-state index contributed by atoms with van der Waals surface area (Å²) in [5.74, 6) is 5.41. The smallest absolute Gasteiger partial charge is 0.0596 e. The van der Waals surface area contributed by atoms with Crippen molar-refractivity contribution in [3.8, 4) is 0 Å². The van der Waals surface area contributed by atoms with E-state index >= 15 is 0 Å². The Morgan fingerprint density at radius 2 is 2.31 bits per heavy atom. The van der Waals surface area contributed by atoms with Crippen molar-refractivity contribution >= 4 is 27.5 Å². The van der Waals surface area contributed by atoms with Gasteiger partial charge in [0.1, 0.15) is 0 Å². The molecular weight excluding hydrogens is 251 g/mol. The minimum absolute atomic E-state index is 0.116. The van der Waals surface area contributed by atoms with E-state index in [0.717, 1.165) is 21.5 Å². The molecule has 0 saturated carbocycles. The number of nitrogens with two attached hydrogens (primary N) is 1. The van der Waals surface area contributed by atoms with Crippen molar-refractivity contribution in [3.63, 3.8) is 0 Å². The fourth-order valence-corrected chi connectivity index (χ4v) is 1.86. The predicted molar refractivity (Wildman–Crippen MR) is 59.5 cm³/mol. The molecular formula is C9H12BrClN2. The van der Waals surface area contributed by atoms with E-state index in [9.17, 15) is 0 Å². The third-order valence-electron chi connectivity index (χ3n) is 1.97. The Morgan fingerprint density at radius 1 is 1.62 bits per heavy atom. The fourth-order valence-electron chi connectivity index (χ4n) is 1.22. The van der Waals surface area contributed by atoms with Gasteiger partial charge < -0.3 is 0 Å². The van der Waals surface area contributed by atoms with Gasteiger partial charge in [-0.2, -0.15) is 0 Å². The van der Waals surface area contributed by atoms with Gasteiger partial charge in [-0.1, -0.05) is 30.7 Å². The summed E-state index contributed by atoms with van der Waals surface area (Å²) in [6, 6.07) is 5.95. The van der Waals surface area contributed by atoms with Gasteiger partial charge >= 0.3 is 0 Å². The van der Waals surface area contributed by atoms with E-state index in [4.69, 9.17) is 17.4 Å². The monoisotopic (exact) mass is 262 g/mol. The first-order chi connectivity index (χ1) is 6.20. The Labute approximate surface area is 91.6 Å². The van der Waals surface area contributed by atoms with Gasteiger partial charge in [0.2, 0.25) is 0 Å². The molecule has 0 spiro atoms. The second kappa shape index (κ2) is 4.96. The highest BCUT2D eigenvalue weighted by molar-refractivity contribution is 9.10. The van der Waals surface area contributed by atoms with Crippen molar-refractivity contribution < 1.29 is 0 Å². The Kier molecular flexibility index (Phi) is 4.19. The molecule has 3 N–H and O–H groups in total. The molecule has 4 heteroatoms. The summed E-state index contributed by atoms with van der Waals surface area (Å²) < 4.78 is 0.903. The fraction of sp³-hybridized carbons (Fsp3) is 0.333. The number of benzene rings is 1. The second-order valence-electron chi connectivity index (χ2n) is 2.77. The third-order valence-corrected chi connectivity index (χ3v) is 3.28. The highest BCUT2D eigenvalue weighted by Crippen LogP contribution is 2.30. The van der Waals surface area contributed by atoms with Crippen molar-refractivity contribution in [1.29, 1.82) is 0 Å². The zero-order valence-electron chi connectivity index (χ0n) is 7.35. The van der Waals surface area contributed by atoms with Crippen molar-refractivity contribution in [3.05, 3.63) is 33.3 Å². The SMILES string of the molecule is CCC(NN)c1cccc(Br)c1Cl. The van der Waals surface area contributed by atoms with Gasteiger partial charge in [-0.25, -0.2) is 0 Å². The van der Waals surface area contributed by atoms with Crippen LogP contribution in [0.15, 0.2) is 22.7 Å². The highest BCUT2D eigenvalue weighted by atomic mass is 79.9. The molecule has 0 aliphatic heterocycles. The molecule has 0 aliphatic carbocycles. The average molecular weight is 264 g/mol.